The van der Waals surface area contributed by atoms with E-state index >= 15 is 0 Å². The normalized spacial score (nSPS) is 10.7. The number of hydrogen-bond acceptors (Lipinski definition) is 6. The van der Waals surface area contributed by atoms with Gasteiger partial charge in [-0.1, -0.05) is 12.1 Å². The molecule has 29 heavy (non-hydrogen) atoms. The molecule has 0 saturated heterocycles. The van der Waals surface area contributed by atoms with Crippen LogP contribution in [-0.4, -0.2) is 24.7 Å². The van der Waals surface area contributed by atoms with Crippen LogP contribution in [0.4, 0.5) is 10.2 Å². The van der Waals surface area contributed by atoms with E-state index in [9.17, 15) is 4.39 Å². The van der Waals surface area contributed by atoms with Crippen molar-refractivity contribution in [3.63, 3.8) is 0 Å². The molecule has 1 N–H and O–H groups in total. The summed E-state index contributed by atoms with van der Waals surface area (Å²) in [5.41, 5.74) is 2.86. The molecule has 0 amide bonds. The fraction of sp³-hybridized carbons (Fsp3) is 0.143. The number of benzene rings is 1. The Balaban J connectivity index is 1.40. The number of aryl methyl sites for hydroxylation is 2. The minimum Gasteiger partial charge on any atom is -0.439 e. The summed E-state index contributed by atoms with van der Waals surface area (Å²) in [5.74, 6) is 1.73. The second-order valence-electron chi connectivity index (χ2n) is 6.52. The fourth-order valence-corrected chi connectivity index (χ4v) is 2.82. The highest BCUT2D eigenvalue weighted by Gasteiger charge is 2.07. The Hall–Kier alpha value is -3.81. The molecular formula is C21H19FN6O. The molecule has 0 aliphatic rings. The predicted molar refractivity (Wildman–Crippen MR) is 107 cm³/mol. The molecule has 3 heterocycles. The summed E-state index contributed by atoms with van der Waals surface area (Å²) in [5, 5.41) is 7.66. The summed E-state index contributed by atoms with van der Waals surface area (Å²) in [7, 11) is 0. The second-order valence-corrected chi connectivity index (χ2v) is 6.52. The topological polar surface area (TPSA) is 77.8 Å². The Morgan fingerprint density at radius 3 is 2.69 bits per heavy atom. The van der Waals surface area contributed by atoms with Gasteiger partial charge in [-0.05, 0) is 37.6 Å². The summed E-state index contributed by atoms with van der Waals surface area (Å²) >= 11 is 0. The number of aromatic nitrogens is 5. The Kier molecular flexibility index (Phi) is 5.15. The first kappa shape index (κ1) is 18.5. The van der Waals surface area contributed by atoms with Gasteiger partial charge in [-0.3, -0.25) is 4.98 Å². The molecule has 0 atom stereocenters. The van der Waals surface area contributed by atoms with Gasteiger partial charge in [-0.15, -0.1) is 0 Å². The molecule has 0 spiro atoms. The van der Waals surface area contributed by atoms with E-state index in [-0.39, 0.29) is 5.82 Å². The Bertz CT molecular complexity index is 1130. The molecule has 7 nitrogen and oxygen atoms in total. The van der Waals surface area contributed by atoms with Crippen LogP contribution in [-0.2, 0) is 6.54 Å². The number of rotatable bonds is 6. The summed E-state index contributed by atoms with van der Waals surface area (Å²) < 4.78 is 20.5. The molecule has 1 aromatic carbocycles. The van der Waals surface area contributed by atoms with Crippen LogP contribution >= 0.6 is 0 Å². The van der Waals surface area contributed by atoms with Gasteiger partial charge in [-0.2, -0.15) is 5.10 Å². The number of nitrogens with one attached hydrogen (secondary N) is 1. The third-order valence-corrected chi connectivity index (χ3v) is 4.14. The van der Waals surface area contributed by atoms with Crippen LogP contribution in [0.5, 0.6) is 11.6 Å². The van der Waals surface area contributed by atoms with Crippen molar-refractivity contribution >= 4 is 5.82 Å². The van der Waals surface area contributed by atoms with Gasteiger partial charge < -0.3 is 10.1 Å². The van der Waals surface area contributed by atoms with Crippen molar-refractivity contribution in [3.05, 3.63) is 83.8 Å². The molecule has 0 unspecified atom stereocenters. The van der Waals surface area contributed by atoms with Crippen LogP contribution in [0.2, 0.25) is 0 Å². The van der Waals surface area contributed by atoms with E-state index < -0.39 is 0 Å². The third kappa shape index (κ3) is 4.55. The van der Waals surface area contributed by atoms with Crippen molar-refractivity contribution in [2.24, 2.45) is 0 Å². The number of nitrogens with zero attached hydrogens (tertiary/aromatic N) is 5. The van der Waals surface area contributed by atoms with Gasteiger partial charge in [0.15, 0.2) is 5.82 Å². The maximum atomic E-state index is 13.2. The second kappa shape index (κ2) is 8.05. The van der Waals surface area contributed by atoms with Gasteiger partial charge in [0.25, 0.3) is 0 Å². The lowest BCUT2D eigenvalue weighted by atomic mass is 10.3. The van der Waals surface area contributed by atoms with Crippen molar-refractivity contribution in [1.82, 2.24) is 24.7 Å². The fourth-order valence-electron chi connectivity index (χ4n) is 2.82. The average Bonchev–Trinajstić information content (AvgIpc) is 3.06. The minimum absolute atomic E-state index is 0.355. The first-order valence-electron chi connectivity index (χ1n) is 9.05. The van der Waals surface area contributed by atoms with Gasteiger partial charge >= 0.3 is 0 Å². The Labute approximate surface area is 167 Å². The molecule has 0 aliphatic heterocycles. The van der Waals surface area contributed by atoms with Gasteiger partial charge in [-0.25, -0.2) is 19.0 Å². The van der Waals surface area contributed by atoms with Gasteiger partial charge in [0.2, 0.25) is 5.88 Å². The largest absolute Gasteiger partial charge is 0.439 e. The first-order valence-corrected chi connectivity index (χ1v) is 9.05. The Morgan fingerprint density at radius 1 is 1.07 bits per heavy atom. The van der Waals surface area contributed by atoms with Crippen LogP contribution in [0, 0.1) is 19.7 Å². The van der Waals surface area contributed by atoms with Crippen molar-refractivity contribution in [1.29, 1.82) is 0 Å². The van der Waals surface area contributed by atoms with Crippen molar-refractivity contribution < 1.29 is 9.13 Å². The molecule has 4 aromatic rings. The highest BCUT2D eigenvalue weighted by molar-refractivity contribution is 5.38. The number of halogens is 1. The maximum absolute atomic E-state index is 13.2. The molecule has 8 heteroatoms. The summed E-state index contributed by atoms with van der Waals surface area (Å²) in [6.45, 7) is 4.43. The van der Waals surface area contributed by atoms with Crippen LogP contribution in [0.25, 0.3) is 5.82 Å². The zero-order chi connectivity index (χ0) is 20.2. The molecular weight excluding hydrogens is 371 g/mol. The smallest absolute Gasteiger partial charge is 0.219 e. The standard InChI is InChI=1S/C21H19FN6O/c1-14-8-15(2)28(27-14)20-13-23-12-19(26-20)24-10-16-6-7-21(25-11-16)29-18-5-3-4-17(22)9-18/h3-9,11-13H,10H2,1-2H3,(H,24,26). The van der Waals surface area contributed by atoms with Crippen molar-refractivity contribution in [2.45, 2.75) is 20.4 Å². The number of ether oxygens (including phenoxy) is 1. The summed E-state index contributed by atoms with van der Waals surface area (Å²) in [6.07, 6.45) is 5.02. The van der Waals surface area contributed by atoms with Gasteiger partial charge in [0, 0.05) is 30.6 Å². The quantitative estimate of drug-likeness (QED) is 0.531. The number of anilines is 1. The lowest BCUT2D eigenvalue weighted by Gasteiger charge is -2.09. The highest BCUT2D eigenvalue weighted by atomic mass is 19.1. The molecule has 146 valence electrons. The summed E-state index contributed by atoms with van der Waals surface area (Å²) in [4.78, 5) is 13.1. The molecule has 0 aliphatic carbocycles. The van der Waals surface area contributed by atoms with E-state index in [0.29, 0.717) is 29.8 Å². The van der Waals surface area contributed by atoms with E-state index in [2.05, 4.69) is 25.4 Å². The van der Waals surface area contributed by atoms with Gasteiger partial charge in [0.05, 0.1) is 18.1 Å². The summed E-state index contributed by atoms with van der Waals surface area (Å²) in [6, 6.07) is 11.5. The minimum atomic E-state index is -0.355. The Morgan fingerprint density at radius 2 is 1.97 bits per heavy atom. The average molecular weight is 390 g/mol. The van der Waals surface area contributed by atoms with Crippen molar-refractivity contribution in [3.8, 4) is 17.4 Å². The van der Waals surface area contributed by atoms with E-state index in [1.807, 2.05) is 26.0 Å². The highest BCUT2D eigenvalue weighted by Crippen LogP contribution is 2.20. The molecule has 3 aromatic heterocycles. The molecule has 0 saturated carbocycles. The monoisotopic (exact) mass is 390 g/mol. The van der Waals surface area contributed by atoms with Crippen molar-refractivity contribution in [2.75, 3.05) is 5.32 Å². The molecule has 4 rings (SSSR count). The van der Waals surface area contributed by atoms with E-state index in [1.54, 1.807) is 41.5 Å². The van der Waals surface area contributed by atoms with Crippen LogP contribution in [0.1, 0.15) is 17.0 Å². The molecule has 0 fully saturated rings. The first-order chi connectivity index (χ1) is 14.1. The SMILES string of the molecule is Cc1cc(C)n(-c2cncc(NCc3ccc(Oc4cccc(F)c4)nc3)n2)n1. The van der Waals surface area contributed by atoms with E-state index in [1.165, 1.54) is 12.1 Å². The maximum Gasteiger partial charge on any atom is 0.219 e. The third-order valence-electron chi connectivity index (χ3n) is 4.14. The number of hydrogen-bond donors (Lipinski definition) is 1. The zero-order valence-electron chi connectivity index (χ0n) is 16.0. The lowest BCUT2D eigenvalue weighted by Crippen LogP contribution is -2.07. The van der Waals surface area contributed by atoms with Crippen LogP contribution in [0.15, 0.2) is 61.1 Å². The van der Waals surface area contributed by atoms with Crippen LogP contribution < -0.4 is 10.1 Å². The van der Waals surface area contributed by atoms with Gasteiger partial charge in [0.1, 0.15) is 17.4 Å². The predicted octanol–water partition coefficient (Wildman–Crippen LogP) is 4.22. The van der Waals surface area contributed by atoms with E-state index in [0.717, 1.165) is 17.0 Å². The van der Waals surface area contributed by atoms with E-state index in [4.69, 9.17) is 4.74 Å². The number of pyridine rings is 1. The molecule has 0 bridgehead atoms. The molecule has 0 radical (unpaired) electrons. The zero-order valence-corrected chi connectivity index (χ0v) is 16.0. The van der Waals surface area contributed by atoms with Crippen LogP contribution in [0.3, 0.4) is 0 Å². The lowest BCUT2D eigenvalue weighted by molar-refractivity contribution is 0.458.